The lowest BCUT2D eigenvalue weighted by Crippen LogP contribution is -2.19. The molecule has 1 rings (SSSR count). The van der Waals surface area contributed by atoms with Gasteiger partial charge in [-0.1, -0.05) is 19.9 Å². The summed E-state index contributed by atoms with van der Waals surface area (Å²) in [7, 11) is 0. The molecule has 0 unspecified atom stereocenters. The third-order valence-electron chi connectivity index (χ3n) is 2.41. The van der Waals surface area contributed by atoms with Crippen molar-refractivity contribution in [2.45, 2.75) is 31.6 Å². The van der Waals surface area contributed by atoms with Gasteiger partial charge in [-0.25, -0.2) is 0 Å². The molecule has 0 bridgehead atoms. The molecule has 0 heterocycles. The van der Waals surface area contributed by atoms with Gasteiger partial charge in [-0.3, -0.25) is 4.79 Å². The average Bonchev–Trinajstić information content (AvgIpc) is 2.08. The molecule has 0 aromatic heterocycles. The molecule has 0 atom stereocenters. The van der Waals surface area contributed by atoms with Gasteiger partial charge >= 0.3 is 5.97 Å². The van der Waals surface area contributed by atoms with E-state index in [-0.39, 0.29) is 11.8 Å². The van der Waals surface area contributed by atoms with Gasteiger partial charge in [0.1, 0.15) is 0 Å². The third-order valence-corrected chi connectivity index (χ3v) is 2.79. The van der Waals surface area contributed by atoms with Crippen molar-refractivity contribution < 1.29 is 9.90 Å². The van der Waals surface area contributed by atoms with Gasteiger partial charge in [0.25, 0.3) is 0 Å². The third kappa shape index (κ3) is 3.77. The molecule has 0 spiro atoms. The van der Waals surface area contributed by atoms with Gasteiger partial charge in [-0.15, -0.1) is 12.6 Å². The summed E-state index contributed by atoms with van der Waals surface area (Å²) in [5.74, 6) is -0.772. The standard InChI is InChI=1S/C12H17NO2S/c1-12(2,7-11(14)15)6-8-3-4-9(13)10(16)5-8/h3-5,16H,6-7,13H2,1-2H3,(H,14,15). The van der Waals surface area contributed by atoms with E-state index in [1.165, 1.54) is 0 Å². The molecular formula is C12H17NO2S. The Morgan fingerprint density at radius 1 is 1.50 bits per heavy atom. The second-order valence-corrected chi connectivity index (χ2v) is 5.29. The molecule has 4 heteroatoms. The molecule has 0 radical (unpaired) electrons. The number of carbonyl (C=O) groups is 1. The highest BCUT2D eigenvalue weighted by molar-refractivity contribution is 7.80. The fraction of sp³-hybridized carbons (Fsp3) is 0.417. The Labute approximate surface area is 101 Å². The smallest absolute Gasteiger partial charge is 0.303 e. The number of anilines is 1. The molecule has 0 saturated carbocycles. The van der Waals surface area contributed by atoms with Crippen molar-refractivity contribution in [3.8, 4) is 0 Å². The number of nitrogen functional groups attached to an aromatic ring is 1. The van der Waals surface area contributed by atoms with Gasteiger partial charge in [0.05, 0.1) is 6.42 Å². The molecule has 0 amide bonds. The number of thiol groups is 1. The van der Waals surface area contributed by atoms with Crippen LogP contribution in [0, 0.1) is 5.41 Å². The monoisotopic (exact) mass is 239 g/mol. The normalized spacial score (nSPS) is 11.4. The van der Waals surface area contributed by atoms with Crippen LogP contribution >= 0.6 is 12.6 Å². The van der Waals surface area contributed by atoms with Crippen molar-refractivity contribution in [1.82, 2.24) is 0 Å². The molecule has 0 fully saturated rings. The first-order chi connectivity index (χ1) is 7.30. The highest BCUT2D eigenvalue weighted by Gasteiger charge is 2.22. The minimum absolute atomic E-state index is 0.152. The molecule has 88 valence electrons. The summed E-state index contributed by atoms with van der Waals surface area (Å²) in [4.78, 5) is 11.4. The van der Waals surface area contributed by atoms with E-state index in [1.54, 1.807) is 6.07 Å². The Morgan fingerprint density at radius 2 is 2.12 bits per heavy atom. The summed E-state index contributed by atoms with van der Waals surface area (Å²) in [5.41, 5.74) is 7.10. The van der Waals surface area contributed by atoms with Crippen LogP contribution in [0.5, 0.6) is 0 Å². The zero-order valence-electron chi connectivity index (χ0n) is 9.53. The number of hydrogen-bond acceptors (Lipinski definition) is 3. The second-order valence-electron chi connectivity index (χ2n) is 4.80. The molecule has 0 saturated heterocycles. The van der Waals surface area contributed by atoms with E-state index >= 15 is 0 Å². The lowest BCUT2D eigenvalue weighted by molar-refractivity contribution is -0.139. The zero-order chi connectivity index (χ0) is 12.3. The van der Waals surface area contributed by atoms with Crippen LogP contribution in [0.25, 0.3) is 0 Å². The Bertz CT molecular complexity index is 402. The highest BCUT2D eigenvalue weighted by Crippen LogP contribution is 2.28. The van der Waals surface area contributed by atoms with Gasteiger partial charge in [-0.05, 0) is 29.5 Å². The molecule has 0 aliphatic heterocycles. The van der Waals surface area contributed by atoms with E-state index in [0.717, 1.165) is 10.5 Å². The Hall–Kier alpha value is -1.16. The molecule has 3 N–H and O–H groups in total. The van der Waals surface area contributed by atoms with Crippen LogP contribution < -0.4 is 5.73 Å². The largest absolute Gasteiger partial charge is 0.481 e. The van der Waals surface area contributed by atoms with Crippen LogP contribution in [0.1, 0.15) is 25.8 Å². The van der Waals surface area contributed by atoms with Crippen LogP contribution in [-0.4, -0.2) is 11.1 Å². The zero-order valence-corrected chi connectivity index (χ0v) is 10.4. The molecular weight excluding hydrogens is 222 g/mol. The quantitative estimate of drug-likeness (QED) is 0.559. The van der Waals surface area contributed by atoms with E-state index in [9.17, 15) is 4.79 Å². The summed E-state index contributed by atoms with van der Waals surface area (Å²) in [6, 6.07) is 5.61. The van der Waals surface area contributed by atoms with E-state index in [2.05, 4.69) is 12.6 Å². The molecule has 0 aliphatic carbocycles. The number of carboxylic acid groups (broad SMARTS) is 1. The highest BCUT2D eigenvalue weighted by atomic mass is 32.1. The van der Waals surface area contributed by atoms with Crippen molar-refractivity contribution in [2.24, 2.45) is 5.41 Å². The SMILES string of the molecule is CC(C)(CC(=O)O)Cc1ccc(N)c(S)c1. The Balaban J connectivity index is 2.79. The van der Waals surface area contributed by atoms with E-state index in [0.29, 0.717) is 12.1 Å². The van der Waals surface area contributed by atoms with Crippen LogP contribution in [0.4, 0.5) is 5.69 Å². The average molecular weight is 239 g/mol. The number of aliphatic carboxylic acids is 1. The van der Waals surface area contributed by atoms with Crippen molar-refractivity contribution in [3.05, 3.63) is 23.8 Å². The maximum Gasteiger partial charge on any atom is 0.303 e. The number of nitrogens with two attached hydrogens (primary N) is 1. The first kappa shape index (κ1) is 12.9. The van der Waals surface area contributed by atoms with E-state index in [1.807, 2.05) is 26.0 Å². The Kier molecular flexibility index (Phi) is 3.86. The van der Waals surface area contributed by atoms with E-state index < -0.39 is 5.97 Å². The summed E-state index contributed by atoms with van der Waals surface area (Å²) < 4.78 is 0. The minimum Gasteiger partial charge on any atom is -0.481 e. The molecule has 16 heavy (non-hydrogen) atoms. The van der Waals surface area contributed by atoms with E-state index in [4.69, 9.17) is 10.8 Å². The number of hydrogen-bond donors (Lipinski definition) is 3. The molecule has 0 aliphatic rings. The van der Waals surface area contributed by atoms with Crippen LogP contribution in [0.3, 0.4) is 0 Å². The lowest BCUT2D eigenvalue weighted by atomic mass is 9.83. The van der Waals surface area contributed by atoms with Gasteiger partial charge in [0.15, 0.2) is 0 Å². The summed E-state index contributed by atoms with van der Waals surface area (Å²) >= 11 is 4.25. The molecule has 1 aromatic carbocycles. The predicted octanol–water partition coefficient (Wildman–Crippen LogP) is 2.60. The fourth-order valence-electron chi connectivity index (χ4n) is 1.72. The van der Waals surface area contributed by atoms with Crippen LogP contribution in [0.15, 0.2) is 23.1 Å². The predicted molar refractivity (Wildman–Crippen MR) is 67.8 cm³/mol. The Morgan fingerprint density at radius 3 is 2.62 bits per heavy atom. The summed E-state index contributed by atoms with van der Waals surface area (Å²) in [6.45, 7) is 3.88. The van der Waals surface area contributed by atoms with Crippen molar-refractivity contribution in [1.29, 1.82) is 0 Å². The van der Waals surface area contributed by atoms with Crippen LogP contribution in [0.2, 0.25) is 0 Å². The van der Waals surface area contributed by atoms with Crippen molar-refractivity contribution >= 4 is 24.3 Å². The van der Waals surface area contributed by atoms with Crippen molar-refractivity contribution in [3.63, 3.8) is 0 Å². The number of rotatable bonds is 4. The van der Waals surface area contributed by atoms with Gasteiger partial charge in [0.2, 0.25) is 0 Å². The summed E-state index contributed by atoms with van der Waals surface area (Å²) in [5, 5.41) is 8.79. The number of benzene rings is 1. The first-order valence-corrected chi connectivity index (χ1v) is 5.54. The minimum atomic E-state index is -0.772. The van der Waals surface area contributed by atoms with Gasteiger partial charge < -0.3 is 10.8 Å². The van der Waals surface area contributed by atoms with Crippen molar-refractivity contribution in [2.75, 3.05) is 5.73 Å². The van der Waals surface area contributed by atoms with Gasteiger partial charge in [0, 0.05) is 10.6 Å². The second kappa shape index (κ2) is 4.78. The first-order valence-electron chi connectivity index (χ1n) is 5.09. The topological polar surface area (TPSA) is 63.3 Å². The molecule has 3 nitrogen and oxygen atoms in total. The molecule has 1 aromatic rings. The van der Waals surface area contributed by atoms with Crippen LogP contribution in [-0.2, 0) is 11.2 Å². The maximum absolute atomic E-state index is 10.7. The number of carboxylic acids is 1. The lowest BCUT2D eigenvalue weighted by Gasteiger charge is -2.22. The maximum atomic E-state index is 10.7. The summed E-state index contributed by atoms with van der Waals surface area (Å²) in [6.07, 6.45) is 0.854. The van der Waals surface area contributed by atoms with Gasteiger partial charge in [-0.2, -0.15) is 0 Å². The fourth-order valence-corrected chi connectivity index (χ4v) is 1.96.